The normalized spacial score (nSPS) is 13.8. The molecule has 60 heavy (non-hydrogen) atoms. The van der Waals surface area contributed by atoms with Crippen molar-refractivity contribution in [3.8, 4) is 0 Å². The second-order valence-electron chi connectivity index (χ2n) is 17.8. The predicted molar refractivity (Wildman–Crippen MR) is 250 cm³/mol. The van der Waals surface area contributed by atoms with Crippen LogP contribution in [0.2, 0.25) is 0 Å². The molecule has 0 spiro atoms. The third-order valence-corrected chi connectivity index (χ3v) is 11.6. The highest BCUT2D eigenvalue weighted by Crippen LogP contribution is 2.38. The van der Waals surface area contributed by atoms with E-state index in [-0.39, 0.29) is 26.1 Å². The van der Waals surface area contributed by atoms with Crippen molar-refractivity contribution in [2.45, 2.75) is 225 Å². The van der Waals surface area contributed by atoms with Crippen LogP contribution in [0.1, 0.15) is 219 Å². The van der Waals surface area contributed by atoms with E-state index in [2.05, 4.69) is 50.3 Å². The first-order chi connectivity index (χ1) is 29.0. The number of esters is 2. The molecular formula is C50H94NO8P. The molecule has 0 heterocycles. The summed E-state index contributed by atoms with van der Waals surface area (Å²) in [5.74, 6) is -0.871. The quantitative estimate of drug-likeness (QED) is 0.0196. The third kappa shape index (κ3) is 45.7. The van der Waals surface area contributed by atoms with Gasteiger partial charge in [0.1, 0.15) is 19.8 Å². The van der Waals surface area contributed by atoms with E-state index in [0.29, 0.717) is 23.9 Å². The first kappa shape index (κ1) is 58.2. The lowest BCUT2D eigenvalue weighted by molar-refractivity contribution is -0.870. The maximum Gasteiger partial charge on any atom is 0.306 e. The van der Waals surface area contributed by atoms with Gasteiger partial charge in [0.2, 0.25) is 0 Å². The molecule has 0 saturated heterocycles. The van der Waals surface area contributed by atoms with Gasteiger partial charge in [0.25, 0.3) is 7.82 Å². The lowest BCUT2D eigenvalue weighted by Crippen LogP contribution is -2.37. The Kier molecular flexibility index (Phi) is 41.3. The highest BCUT2D eigenvalue weighted by molar-refractivity contribution is 7.45. The number of unbranched alkanes of at least 4 members (excludes halogenated alkanes) is 25. The van der Waals surface area contributed by atoms with Crippen LogP contribution < -0.4 is 4.89 Å². The van der Waals surface area contributed by atoms with Gasteiger partial charge in [-0.3, -0.25) is 14.2 Å². The summed E-state index contributed by atoms with van der Waals surface area (Å²) in [5.41, 5.74) is 0. The molecule has 0 fully saturated rings. The molecule has 0 aromatic rings. The van der Waals surface area contributed by atoms with Crippen molar-refractivity contribution in [1.29, 1.82) is 0 Å². The van der Waals surface area contributed by atoms with E-state index in [1.165, 1.54) is 128 Å². The van der Waals surface area contributed by atoms with Gasteiger partial charge in [0.05, 0.1) is 27.7 Å². The first-order valence-electron chi connectivity index (χ1n) is 24.7. The lowest BCUT2D eigenvalue weighted by atomic mass is 10.0. The molecule has 0 N–H and O–H groups in total. The fraction of sp³-hybridized carbons (Fsp3) is 0.840. The molecule has 0 bridgehead atoms. The zero-order valence-corrected chi connectivity index (χ0v) is 40.6. The van der Waals surface area contributed by atoms with Crippen molar-refractivity contribution in [1.82, 2.24) is 0 Å². The highest BCUT2D eigenvalue weighted by atomic mass is 31.2. The number of carbonyl (C=O) groups is 2. The molecule has 0 radical (unpaired) electrons. The third-order valence-electron chi connectivity index (χ3n) is 10.7. The van der Waals surface area contributed by atoms with E-state index in [9.17, 15) is 19.0 Å². The molecule has 0 aromatic heterocycles. The van der Waals surface area contributed by atoms with Crippen molar-refractivity contribution in [3.63, 3.8) is 0 Å². The summed E-state index contributed by atoms with van der Waals surface area (Å²) in [5, 5.41) is 0. The second kappa shape index (κ2) is 42.5. The molecular weight excluding hydrogens is 774 g/mol. The van der Waals surface area contributed by atoms with E-state index in [0.717, 1.165) is 51.4 Å². The monoisotopic (exact) mass is 868 g/mol. The van der Waals surface area contributed by atoms with Crippen molar-refractivity contribution in [2.75, 3.05) is 47.5 Å². The fourth-order valence-corrected chi connectivity index (χ4v) is 7.51. The highest BCUT2D eigenvalue weighted by Gasteiger charge is 2.21. The van der Waals surface area contributed by atoms with Gasteiger partial charge in [0.15, 0.2) is 6.10 Å². The number of hydrogen-bond acceptors (Lipinski definition) is 8. The molecule has 0 aliphatic carbocycles. The van der Waals surface area contributed by atoms with E-state index >= 15 is 0 Å². The van der Waals surface area contributed by atoms with E-state index in [1.807, 2.05) is 21.1 Å². The maximum atomic E-state index is 12.7. The van der Waals surface area contributed by atoms with E-state index in [1.54, 1.807) is 0 Å². The molecule has 0 saturated carbocycles. The molecule has 352 valence electrons. The summed E-state index contributed by atoms with van der Waals surface area (Å²) >= 11 is 0. The Balaban J connectivity index is 4.28. The number of likely N-dealkylation sites (N-methyl/N-ethyl adjacent to an activating group) is 1. The van der Waals surface area contributed by atoms with Crippen LogP contribution in [0.25, 0.3) is 0 Å². The molecule has 9 nitrogen and oxygen atoms in total. The number of allylic oxidation sites excluding steroid dienone is 6. The minimum Gasteiger partial charge on any atom is -0.756 e. The van der Waals surface area contributed by atoms with Crippen LogP contribution in [-0.4, -0.2) is 70.0 Å². The van der Waals surface area contributed by atoms with Gasteiger partial charge in [0, 0.05) is 12.8 Å². The summed E-state index contributed by atoms with van der Waals surface area (Å²) < 4.78 is 34.0. The van der Waals surface area contributed by atoms with Crippen LogP contribution in [0.15, 0.2) is 36.5 Å². The first-order valence-corrected chi connectivity index (χ1v) is 26.2. The van der Waals surface area contributed by atoms with Crippen LogP contribution in [0.3, 0.4) is 0 Å². The Morgan fingerprint density at radius 2 is 0.900 bits per heavy atom. The Morgan fingerprint density at radius 1 is 0.517 bits per heavy atom. The van der Waals surface area contributed by atoms with Gasteiger partial charge in [-0.05, 0) is 51.4 Å². The van der Waals surface area contributed by atoms with Crippen molar-refractivity contribution < 1.29 is 42.1 Å². The number of quaternary nitrogens is 1. The van der Waals surface area contributed by atoms with Crippen molar-refractivity contribution >= 4 is 19.8 Å². The zero-order chi connectivity index (χ0) is 44.3. The second-order valence-corrected chi connectivity index (χ2v) is 19.2. The van der Waals surface area contributed by atoms with Gasteiger partial charge < -0.3 is 27.9 Å². The summed E-state index contributed by atoms with van der Waals surface area (Å²) in [4.78, 5) is 37.6. The molecule has 0 rings (SSSR count). The zero-order valence-electron chi connectivity index (χ0n) is 39.7. The molecule has 0 aliphatic heterocycles. The van der Waals surface area contributed by atoms with Crippen LogP contribution >= 0.6 is 7.82 Å². The van der Waals surface area contributed by atoms with Gasteiger partial charge >= 0.3 is 11.9 Å². The number of ether oxygens (including phenoxy) is 2. The van der Waals surface area contributed by atoms with Gasteiger partial charge in [-0.2, -0.15) is 0 Å². The maximum absolute atomic E-state index is 12.7. The molecule has 10 heteroatoms. The fourth-order valence-electron chi connectivity index (χ4n) is 6.78. The molecule has 0 aliphatic rings. The standard InChI is InChI=1S/C50H94NO8P/c1-6-8-10-12-14-16-18-20-22-23-24-25-26-27-29-31-33-35-37-39-41-43-50(53)59-48(47-58-60(54,55)57-45-44-51(3,4)5)46-56-49(52)42-40-38-36-34-32-30-28-21-19-17-15-13-11-9-7-2/h15,17,21,28,32,34,48H,6-14,16,18-20,22-27,29-31,33,35-47H2,1-5H3/b17-15+,28-21+,34-32+/t48-/m1/s1. The topological polar surface area (TPSA) is 111 Å². The number of carbonyl (C=O) groups excluding carboxylic acids is 2. The van der Waals surface area contributed by atoms with Crippen molar-refractivity contribution in [2.24, 2.45) is 0 Å². The average Bonchev–Trinajstić information content (AvgIpc) is 3.20. The SMILES string of the molecule is CCCCC/C=C/C/C=C/C/C=C/CCCCC(=O)OC[C@H](COP(=O)([O-])OCC[N+](C)(C)C)OC(=O)CCCCCCCCCCCCCCCCCCCCCCC. The van der Waals surface area contributed by atoms with Crippen LogP contribution in [0.4, 0.5) is 0 Å². The van der Waals surface area contributed by atoms with Gasteiger partial charge in [-0.15, -0.1) is 0 Å². The van der Waals surface area contributed by atoms with Crippen LogP contribution in [0, 0.1) is 0 Å². The number of hydrogen-bond donors (Lipinski definition) is 0. The number of rotatable bonds is 45. The Bertz CT molecular complexity index is 1120. The van der Waals surface area contributed by atoms with E-state index in [4.69, 9.17) is 18.5 Å². The number of phosphoric ester groups is 1. The summed E-state index contributed by atoms with van der Waals surface area (Å²) in [6.45, 7) is 4.18. The summed E-state index contributed by atoms with van der Waals surface area (Å²) in [6, 6.07) is 0. The lowest BCUT2D eigenvalue weighted by Gasteiger charge is -2.28. The van der Waals surface area contributed by atoms with Gasteiger partial charge in [-0.25, -0.2) is 0 Å². The Labute approximate surface area is 370 Å². The molecule has 0 amide bonds. The number of phosphoric acid groups is 1. The minimum absolute atomic E-state index is 0.0358. The largest absolute Gasteiger partial charge is 0.756 e. The Hall–Kier alpha value is -1.77. The number of nitrogens with zero attached hydrogens (tertiary/aromatic N) is 1. The Morgan fingerprint density at radius 3 is 1.37 bits per heavy atom. The molecule has 2 atom stereocenters. The minimum atomic E-state index is -4.63. The van der Waals surface area contributed by atoms with Crippen LogP contribution in [-0.2, 0) is 32.7 Å². The van der Waals surface area contributed by atoms with Crippen molar-refractivity contribution in [3.05, 3.63) is 36.5 Å². The predicted octanol–water partition coefficient (Wildman–Crippen LogP) is 13.8. The van der Waals surface area contributed by atoms with E-state index < -0.39 is 32.5 Å². The summed E-state index contributed by atoms with van der Waals surface area (Å²) in [6.07, 6.45) is 48.9. The van der Waals surface area contributed by atoms with Gasteiger partial charge in [-0.1, -0.05) is 192 Å². The average molecular weight is 868 g/mol. The molecule has 0 aromatic carbocycles. The molecule has 1 unspecified atom stereocenters. The summed E-state index contributed by atoms with van der Waals surface area (Å²) in [7, 11) is 1.15. The van der Waals surface area contributed by atoms with Crippen LogP contribution in [0.5, 0.6) is 0 Å². The smallest absolute Gasteiger partial charge is 0.306 e.